The summed E-state index contributed by atoms with van der Waals surface area (Å²) >= 11 is 12.2. The van der Waals surface area contributed by atoms with E-state index in [1.54, 1.807) is 10.7 Å². The van der Waals surface area contributed by atoms with Gasteiger partial charge < -0.3 is 5.32 Å². The molecule has 1 aromatic carbocycles. The zero-order valence-corrected chi connectivity index (χ0v) is 16.4. The molecular weight excluding hydrogens is 392 g/mol. The van der Waals surface area contributed by atoms with Gasteiger partial charge in [0, 0.05) is 35.4 Å². The summed E-state index contributed by atoms with van der Waals surface area (Å²) in [6.45, 7) is 4.39. The first-order valence-electron chi connectivity index (χ1n) is 8.30. The van der Waals surface area contributed by atoms with Crippen LogP contribution in [0.1, 0.15) is 23.4 Å². The van der Waals surface area contributed by atoms with Crippen LogP contribution in [0.4, 0.5) is 10.2 Å². The van der Waals surface area contributed by atoms with Crippen LogP contribution >= 0.6 is 23.2 Å². The quantitative estimate of drug-likeness (QED) is 0.662. The lowest BCUT2D eigenvalue weighted by molar-refractivity contribution is -0.116. The number of amides is 1. The number of aryl methyl sites for hydroxylation is 3. The Balaban J connectivity index is 1.64. The number of halogens is 3. The topological polar surface area (TPSA) is 64.7 Å². The Hall–Kier alpha value is -2.38. The van der Waals surface area contributed by atoms with Crippen molar-refractivity contribution in [2.45, 2.75) is 33.4 Å². The number of nitrogens with one attached hydrogen (secondary N) is 1. The van der Waals surface area contributed by atoms with Gasteiger partial charge in [-0.2, -0.15) is 10.2 Å². The van der Waals surface area contributed by atoms with Gasteiger partial charge in [-0.25, -0.2) is 4.39 Å². The number of rotatable bonds is 6. The highest BCUT2D eigenvalue weighted by atomic mass is 35.5. The van der Waals surface area contributed by atoms with Crippen LogP contribution in [0.5, 0.6) is 0 Å². The minimum absolute atomic E-state index is 0.104. The van der Waals surface area contributed by atoms with E-state index >= 15 is 0 Å². The van der Waals surface area contributed by atoms with E-state index in [1.807, 2.05) is 19.9 Å². The minimum Gasteiger partial charge on any atom is -0.308 e. The number of nitrogens with zero attached hydrogens (tertiary/aromatic N) is 4. The predicted molar refractivity (Wildman–Crippen MR) is 103 cm³/mol. The van der Waals surface area contributed by atoms with Gasteiger partial charge in [0.2, 0.25) is 5.91 Å². The van der Waals surface area contributed by atoms with Crippen molar-refractivity contribution >= 4 is 34.9 Å². The average molecular weight is 410 g/mol. The third-order valence-electron chi connectivity index (χ3n) is 4.01. The summed E-state index contributed by atoms with van der Waals surface area (Å²) in [7, 11) is 0. The molecule has 1 amide bonds. The molecule has 0 aliphatic carbocycles. The van der Waals surface area contributed by atoms with Crippen molar-refractivity contribution in [3.63, 3.8) is 0 Å². The fourth-order valence-corrected chi connectivity index (χ4v) is 3.13. The lowest BCUT2D eigenvalue weighted by Gasteiger charge is -2.06. The summed E-state index contributed by atoms with van der Waals surface area (Å²) in [5.41, 5.74) is 2.20. The molecule has 0 atom stereocenters. The second-order valence-corrected chi connectivity index (χ2v) is 6.99. The molecule has 142 valence electrons. The normalized spacial score (nSPS) is 11.0. The Labute approximate surface area is 165 Å². The fourth-order valence-electron chi connectivity index (χ4n) is 2.71. The molecule has 2 heterocycles. The van der Waals surface area contributed by atoms with Gasteiger partial charge in [0.15, 0.2) is 5.82 Å². The third-order valence-corrected chi connectivity index (χ3v) is 4.64. The average Bonchev–Trinajstić information content (AvgIpc) is 3.10. The van der Waals surface area contributed by atoms with Crippen molar-refractivity contribution in [1.82, 2.24) is 19.6 Å². The molecule has 0 spiro atoms. The number of carbonyl (C=O) groups excluding carboxylic acids is 1. The van der Waals surface area contributed by atoms with Gasteiger partial charge >= 0.3 is 0 Å². The third kappa shape index (κ3) is 4.67. The standard InChI is InChI=1S/C18H18Cl2FN5O/c1-11-8-12(2)26(23-11)7-6-17(27)22-18-15(20)10-25(24-18)9-13-14(19)4-3-5-16(13)21/h3-5,8,10H,6-7,9H2,1-2H3,(H,22,24,27). The smallest absolute Gasteiger partial charge is 0.227 e. The van der Waals surface area contributed by atoms with E-state index in [9.17, 15) is 9.18 Å². The van der Waals surface area contributed by atoms with Gasteiger partial charge in [-0.05, 0) is 32.0 Å². The van der Waals surface area contributed by atoms with Crippen molar-refractivity contribution in [1.29, 1.82) is 0 Å². The summed E-state index contributed by atoms with van der Waals surface area (Å²) < 4.78 is 17.1. The maximum absolute atomic E-state index is 13.9. The molecule has 9 heteroatoms. The highest BCUT2D eigenvalue weighted by molar-refractivity contribution is 6.33. The highest BCUT2D eigenvalue weighted by Gasteiger charge is 2.14. The van der Waals surface area contributed by atoms with Crippen molar-refractivity contribution in [3.05, 3.63) is 63.3 Å². The molecule has 27 heavy (non-hydrogen) atoms. The molecule has 0 aliphatic heterocycles. The summed E-state index contributed by atoms with van der Waals surface area (Å²) in [6, 6.07) is 6.41. The summed E-state index contributed by atoms with van der Waals surface area (Å²) in [5.74, 6) is -0.439. The maximum Gasteiger partial charge on any atom is 0.227 e. The lowest BCUT2D eigenvalue weighted by atomic mass is 10.2. The van der Waals surface area contributed by atoms with E-state index in [0.717, 1.165) is 11.4 Å². The van der Waals surface area contributed by atoms with Gasteiger partial charge in [-0.15, -0.1) is 0 Å². The number of carbonyl (C=O) groups is 1. The van der Waals surface area contributed by atoms with Crippen LogP contribution in [0.25, 0.3) is 0 Å². The summed E-state index contributed by atoms with van der Waals surface area (Å²) in [5, 5.41) is 11.8. The molecule has 0 fully saturated rings. The first-order valence-corrected chi connectivity index (χ1v) is 9.06. The largest absolute Gasteiger partial charge is 0.308 e. The predicted octanol–water partition coefficient (Wildman–Crippen LogP) is 4.22. The van der Waals surface area contributed by atoms with Gasteiger partial charge in [-0.3, -0.25) is 14.2 Å². The Kier molecular flexibility index (Phi) is 5.82. The van der Waals surface area contributed by atoms with Gasteiger partial charge in [-0.1, -0.05) is 29.3 Å². The van der Waals surface area contributed by atoms with Crippen LogP contribution in [-0.4, -0.2) is 25.5 Å². The SMILES string of the molecule is Cc1cc(C)n(CCC(=O)Nc2nn(Cc3c(F)cccc3Cl)cc2Cl)n1. The molecule has 0 unspecified atom stereocenters. The van der Waals surface area contributed by atoms with Crippen LogP contribution in [0.15, 0.2) is 30.5 Å². The molecule has 3 rings (SSSR count). The molecule has 3 aromatic rings. The van der Waals surface area contributed by atoms with Crippen LogP contribution in [-0.2, 0) is 17.9 Å². The van der Waals surface area contributed by atoms with Crippen LogP contribution in [0, 0.1) is 19.7 Å². The number of hydrogen-bond acceptors (Lipinski definition) is 3. The molecule has 0 saturated carbocycles. The molecule has 0 bridgehead atoms. The van der Waals surface area contributed by atoms with Crippen molar-refractivity contribution in [2.75, 3.05) is 5.32 Å². The highest BCUT2D eigenvalue weighted by Crippen LogP contribution is 2.23. The van der Waals surface area contributed by atoms with E-state index in [0.29, 0.717) is 17.1 Å². The minimum atomic E-state index is -0.426. The molecule has 0 saturated heterocycles. The Morgan fingerprint density at radius 3 is 2.67 bits per heavy atom. The Morgan fingerprint density at radius 2 is 2.00 bits per heavy atom. The molecule has 0 radical (unpaired) electrons. The second kappa shape index (κ2) is 8.10. The second-order valence-electron chi connectivity index (χ2n) is 6.17. The van der Waals surface area contributed by atoms with Crippen LogP contribution < -0.4 is 5.32 Å². The van der Waals surface area contributed by atoms with E-state index in [1.165, 1.54) is 23.0 Å². The number of aromatic nitrogens is 4. The Morgan fingerprint density at radius 1 is 1.22 bits per heavy atom. The van der Waals surface area contributed by atoms with E-state index in [-0.39, 0.29) is 29.7 Å². The van der Waals surface area contributed by atoms with Crippen LogP contribution in [0.2, 0.25) is 10.0 Å². The van der Waals surface area contributed by atoms with Gasteiger partial charge in [0.1, 0.15) is 10.8 Å². The van der Waals surface area contributed by atoms with Crippen LogP contribution in [0.3, 0.4) is 0 Å². The van der Waals surface area contributed by atoms with Crippen molar-refractivity contribution < 1.29 is 9.18 Å². The number of anilines is 1. The summed E-state index contributed by atoms with van der Waals surface area (Å²) in [4.78, 5) is 12.2. The first-order chi connectivity index (χ1) is 12.8. The molecule has 6 nitrogen and oxygen atoms in total. The van der Waals surface area contributed by atoms with Gasteiger partial charge in [0.05, 0.1) is 12.2 Å². The van der Waals surface area contributed by atoms with Crippen molar-refractivity contribution in [2.24, 2.45) is 0 Å². The van der Waals surface area contributed by atoms with E-state index in [2.05, 4.69) is 15.5 Å². The molecule has 2 aromatic heterocycles. The van der Waals surface area contributed by atoms with E-state index < -0.39 is 5.82 Å². The number of hydrogen-bond donors (Lipinski definition) is 1. The van der Waals surface area contributed by atoms with Gasteiger partial charge in [0.25, 0.3) is 0 Å². The van der Waals surface area contributed by atoms with E-state index in [4.69, 9.17) is 23.2 Å². The number of benzene rings is 1. The molecule has 0 aliphatic rings. The molecule has 1 N–H and O–H groups in total. The molecular formula is C18H18Cl2FN5O. The Bertz CT molecular complexity index is 962. The zero-order chi connectivity index (χ0) is 19.6. The maximum atomic E-state index is 13.9. The van der Waals surface area contributed by atoms with Crippen molar-refractivity contribution in [3.8, 4) is 0 Å². The zero-order valence-electron chi connectivity index (χ0n) is 14.8. The lowest BCUT2D eigenvalue weighted by Crippen LogP contribution is -2.16. The first kappa shape index (κ1) is 19.4. The monoisotopic (exact) mass is 409 g/mol. The summed E-state index contributed by atoms with van der Waals surface area (Å²) in [6.07, 6.45) is 1.74. The fraction of sp³-hybridized carbons (Fsp3) is 0.278.